The molecule has 1 atom stereocenters. The second-order valence-corrected chi connectivity index (χ2v) is 20.9. The molecule has 0 aromatic heterocycles. The SMILES string of the molecule is CCCCCCCCCCCCCCCCCCCCC(=O)OC[C@H](COC(=O)CCCCCCCCCCC(C)C)OC(=O)CCCCCCCCCCCCCCCCC(C)C. The molecule has 0 aromatic carbocycles. The van der Waals surface area contributed by atoms with E-state index in [1.54, 1.807) is 0 Å². The van der Waals surface area contributed by atoms with Crippen LogP contribution in [0, 0.1) is 11.8 Å². The van der Waals surface area contributed by atoms with Gasteiger partial charge in [0.05, 0.1) is 0 Å². The van der Waals surface area contributed by atoms with Crippen molar-refractivity contribution in [3.05, 3.63) is 0 Å². The Morgan fingerprint density at radius 3 is 0.766 bits per heavy atom. The molecule has 0 spiro atoms. The van der Waals surface area contributed by atoms with Crippen molar-refractivity contribution in [2.24, 2.45) is 11.8 Å². The summed E-state index contributed by atoms with van der Waals surface area (Å²) in [5.74, 6) is 0.797. The van der Waals surface area contributed by atoms with Crippen LogP contribution in [0.25, 0.3) is 0 Å². The number of unbranched alkanes of at least 4 members (excludes halogenated alkanes) is 37. The van der Waals surface area contributed by atoms with Gasteiger partial charge in [0.1, 0.15) is 13.2 Å². The van der Waals surface area contributed by atoms with Crippen LogP contribution < -0.4 is 0 Å². The molecular formula is C58H112O6. The van der Waals surface area contributed by atoms with E-state index in [1.165, 1.54) is 212 Å². The quantitative estimate of drug-likeness (QED) is 0.0344. The highest BCUT2D eigenvalue weighted by Gasteiger charge is 2.19. The second kappa shape index (κ2) is 50.8. The number of rotatable bonds is 52. The molecule has 0 saturated heterocycles. The first-order chi connectivity index (χ1) is 31.2. The van der Waals surface area contributed by atoms with Gasteiger partial charge in [0, 0.05) is 19.3 Å². The van der Waals surface area contributed by atoms with E-state index in [-0.39, 0.29) is 31.1 Å². The lowest BCUT2D eigenvalue weighted by molar-refractivity contribution is -0.167. The molecule has 0 aromatic rings. The molecule has 0 aliphatic carbocycles. The number of hydrogen-bond donors (Lipinski definition) is 0. The molecule has 0 amide bonds. The highest BCUT2D eigenvalue weighted by Crippen LogP contribution is 2.18. The molecule has 0 bridgehead atoms. The molecule has 0 fully saturated rings. The molecule has 6 nitrogen and oxygen atoms in total. The lowest BCUT2D eigenvalue weighted by Crippen LogP contribution is -2.30. The normalized spacial score (nSPS) is 12.0. The molecule has 0 heterocycles. The van der Waals surface area contributed by atoms with Crippen molar-refractivity contribution in [3.63, 3.8) is 0 Å². The summed E-state index contributed by atoms with van der Waals surface area (Å²) < 4.78 is 16.9. The molecule has 0 N–H and O–H groups in total. The Labute approximate surface area is 399 Å². The van der Waals surface area contributed by atoms with E-state index >= 15 is 0 Å². The first-order valence-corrected chi connectivity index (χ1v) is 28.7. The lowest BCUT2D eigenvalue weighted by atomic mass is 10.0. The Morgan fingerprint density at radius 2 is 0.516 bits per heavy atom. The fourth-order valence-corrected chi connectivity index (χ4v) is 8.87. The first-order valence-electron chi connectivity index (χ1n) is 28.7. The fourth-order valence-electron chi connectivity index (χ4n) is 8.87. The van der Waals surface area contributed by atoms with Crippen LogP contribution >= 0.6 is 0 Å². The van der Waals surface area contributed by atoms with Gasteiger partial charge in [0.2, 0.25) is 0 Å². The molecule has 0 aliphatic rings. The summed E-state index contributed by atoms with van der Waals surface area (Å²) in [6, 6.07) is 0. The van der Waals surface area contributed by atoms with Crippen molar-refractivity contribution in [2.45, 2.75) is 330 Å². The summed E-state index contributed by atoms with van der Waals surface area (Å²) in [5, 5.41) is 0. The molecular weight excluding hydrogens is 793 g/mol. The molecule has 380 valence electrons. The molecule has 0 rings (SSSR count). The number of carbonyl (C=O) groups excluding carboxylic acids is 3. The third kappa shape index (κ3) is 51.4. The van der Waals surface area contributed by atoms with Gasteiger partial charge in [-0.1, -0.05) is 285 Å². The van der Waals surface area contributed by atoms with Crippen LogP contribution in [-0.2, 0) is 28.6 Å². The van der Waals surface area contributed by atoms with E-state index in [0.717, 1.165) is 69.6 Å². The maximum Gasteiger partial charge on any atom is 0.306 e. The van der Waals surface area contributed by atoms with Gasteiger partial charge in [-0.05, 0) is 31.1 Å². The van der Waals surface area contributed by atoms with Crippen molar-refractivity contribution in [1.82, 2.24) is 0 Å². The van der Waals surface area contributed by atoms with Crippen molar-refractivity contribution in [2.75, 3.05) is 13.2 Å². The number of hydrogen-bond acceptors (Lipinski definition) is 6. The van der Waals surface area contributed by atoms with Crippen LogP contribution in [0.15, 0.2) is 0 Å². The predicted molar refractivity (Wildman–Crippen MR) is 275 cm³/mol. The Hall–Kier alpha value is -1.59. The van der Waals surface area contributed by atoms with Crippen molar-refractivity contribution in [3.8, 4) is 0 Å². The van der Waals surface area contributed by atoms with Crippen LogP contribution in [-0.4, -0.2) is 37.2 Å². The standard InChI is InChI=1S/C58H112O6/c1-6-7-8-9-10-11-12-13-14-15-16-17-21-24-27-33-38-43-48-56(59)62-51-55(52-63-57(60)49-44-39-34-30-29-32-37-42-47-54(4)5)64-58(61)50-45-40-35-28-25-22-19-18-20-23-26-31-36-41-46-53(2)3/h53-55H,6-52H2,1-5H3/t55-/m1/s1. The summed E-state index contributed by atoms with van der Waals surface area (Å²) in [4.78, 5) is 38.1. The minimum Gasteiger partial charge on any atom is -0.462 e. The summed E-state index contributed by atoms with van der Waals surface area (Å²) in [5.41, 5.74) is 0. The van der Waals surface area contributed by atoms with Crippen molar-refractivity contribution < 1.29 is 28.6 Å². The zero-order valence-electron chi connectivity index (χ0n) is 43.9. The van der Waals surface area contributed by atoms with Gasteiger partial charge in [-0.15, -0.1) is 0 Å². The molecule has 0 aliphatic heterocycles. The topological polar surface area (TPSA) is 78.9 Å². The molecule has 0 saturated carbocycles. The molecule has 0 radical (unpaired) electrons. The van der Waals surface area contributed by atoms with Gasteiger partial charge >= 0.3 is 17.9 Å². The highest BCUT2D eigenvalue weighted by atomic mass is 16.6. The molecule has 64 heavy (non-hydrogen) atoms. The summed E-state index contributed by atoms with van der Waals surface area (Å²) >= 11 is 0. The smallest absolute Gasteiger partial charge is 0.306 e. The monoisotopic (exact) mass is 905 g/mol. The van der Waals surface area contributed by atoms with Gasteiger partial charge in [0.25, 0.3) is 0 Å². The Balaban J connectivity index is 4.26. The number of esters is 3. The zero-order valence-corrected chi connectivity index (χ0v) is 43.9. The Kier molecular flexibility index (Phi) is 49.6. The van der Waals surface area contributed by atoms with Gasteiger partial charge in [-0.2, -0.15) is 0 Å². The van der Waals surface area contributed by atoms with Crippen LogP contribution in [0.4, 0.5) is 0 Å². The van der Waals surface area contributed by atoms with E-state index in [1.807, 2.05) is 0 Å². The van der Waals surface area contributed by atoms with Crippen LogP contribution in [0.1, 0.15) is 324 Å². The minimum atomic E-state index is -0.763. The largest absolute Gasteiger partial charge is 0.462 e. The Bertz CT molecular complexity index is 978. The van der Waals surface area contributed by atoms with E-state index in [2.05, 4.69) is 34.6 Å². The first kappa shape index (κ1) is 62.4. The highest BCUT2D eigenvalue weighted by molar-refractivity contribution is 5.71. The summed E-state index contributed by atoms with van der Waals surface area (Å²) in [7, 11) is 0. The van der Waals surface area contributed by atoms with Crippen LogP contribution in [0.2, 0.25) is 0 Å². The average molecular weight is 906 g/mol. The van der Waals surface area contributed by atoms with E-state index in [4.69, 9.17) is 14.2 Å². The zero-order chi connectivity index (χ0) is 46.8. The summed E-state index contributed by atoms with van der Waals surface area (Å²) in [6.45, 7) is 11.4. The van der Waals surface area contributed by atoms with Crippen LogP contribution in [0.5, 0.6) is 0 Å². The lowest BCUT2D eigenvalue weighted by Gasteiger charge is -2.18. The molecule has 0 unspecified atom stereocenters. The van der Waals surface area contributed by atoms with Crippen LogP contribution in [0.3, 0.4) is 0 Å². The third-order valence-electron chi connectivity index (χ3n) is 13.2. The van der Waals surface area contributed by atoms with Gasteiger partial charge in [-0.3, -0.25) is 14.4 Å². The van der Waals surface area contributed by atoms with E-state index < -0.39 is 6.10 Å². The fraction of sp³-hybridized carbons (Fsp3) is 0.948. The molecule has 6 heteroatoms. The predicted octanol–water partition coefficient (Wildman–Crippen LogP) is 18.9. The van der Waals surface area contributed by atoms with Crippen molar-refractivity contribution >= 4 is 17.9 Å². The van der Waals surface area contributed by atoms with Gasteiger partial charge in [0.15, 0.2) is 6.10 Å². The Morgan fingerprint density at radius 1 is 0.297 bits per heavy atom. The number of ether oxygens (including phenoxy) is 3. The maximum atomic E-state index is 12.8. The average Bonchev–Trinajstić information content (AvgIpc) is 3.27. The summed E-state index contributed by atoms with van der Waals surface area (Å²) in [6.07, 6.45) is 53.9. The van der Waals surface area contributed by atoms with E-state index in [9.17, 15) is 14.4 Å². The van der Waals surface area contributed by atoms with E-state index in [0.29, 0.717) is 19.3 Å². The van der Waals surface area contributed by atoms with Gasteiger partial charge < -0.3 is 14.2 Å². The van der Waals surface area contributed by atoms with Crippen molar-refractivity contribution in [1.29, 1.82) is 0 Å². The maximum absolute atomic E-state index is 12.8. The van der Waals surface area contributed by atoms with Gasteiger partial charge in [-0.25, -0.2) is 0 Å². The minimum absolute atomic E-state index is 0.0631. The number of carbonyl (C=O) groups is 3. The third-order valence-corrected chi connectivity index (χ3v) is 13.2. The second-order valence-electron chi connectivity index (χ2n) is 20.9.